The Morgan fingerprint density at radius 2 is 2.12 bits per heavy atom. The highest BCUT2D eigenvalue weighted by molar-refractivity contribution is 5.01. The van der Waals surface area contributed by atoms with E-state index in [1.165, 1.54) is 31.4 Å². The molecule has 0 bridgehead atoms. The van der Waals surface area contributed by atoms with Gasteiger partial charge in [-0.3, -0.25) is 4.68 Å². The van der Waals surface area contributed by atoms with E-state index < -0.39 is 0 Å². The molecule has 0 aliphatic heterocycles. The lowest BCUT2D eigenvalue weighted by Gasteiger charge is -2.12. The fraction of sp³-hybridized carbons (Fsp3) is 0.786. The Balaban J connectivity index is 1.89. The minimum atomic E-state index is 0.293. The van der Waals surface area contributed by atoms with Crippen LogP contribution in [0.4, 0.5) is 0 Å². The van der Waals surface area contributed by atoms with Crippen molar-refractivity contribution < 1.29 is 0 Å². The van der Waals surface area contributed by atoms with Crippen molar-refractivity contribution in [2.75, 3.05) is 0 Å². The molecule has 1 fully saturated rings. The van der Waals surface area contributed by atoms with Crippen molar-refractivity contribution in [2.24, 2.45) is 11.7 Å². The third kappa shape index (κ3) is 3.56. The number of hydrogen-bond donors (Lipinski definition) is 1. The molecule has 2 unspecified atom stereocenters. The first-order valence-corrected chi connectivity index (χ1v) is 6.94. The van der Waals surface area contributed by atoms with Crippen LogP contribution in [-0.4, -0.2) is 15.8 Å². The molecule has 1 aromatic rings. The van der Waals surface area contributed by atoms with Gasteiger partial charge in [0, 0.05) is 12.2 Å². The van der Waals surface area contributed by atoms with Crippen LogP contribution < -0.4 is 5.73 Å². The largest absolute Gasteiger partial charge is 0.328 e. The molecule has 1 aliphatic carbocycles. The molecule has 1 saturated carbocycles. The molecule has 1 aromatic heterocycles. The third-order valence-electron chi connectivity index (χ3n) is 3.69. The van der Waals surface area contributed by atoms with Gasteiger partial charge in [0.2, 0.25) is 0 Å². The summed E-state index contributed by atoms with van der Waals surface area (Å²) in [5, 5.41) is 4.72. The molecule has 2 rings (SSSR count). The second-order valence-electron chi connectivity index (χ2n) is 5.75. The molecule has 0 radical (unpaired) electrons. The van der Waals surface area contributed by atoms with E-state index in [1.54, 1.807) is 0 Å². The second kappa shape index (κ2) is 5.67. The van der Waals surface area contributed by atoms with E-state index in [1.807, 2.05) is 0 Å². The molecule has 0 aromatic carbocycles. The van der Waals surface area contributed by atoms with Crippen LogP contribution in [0.2, 0.25) is 0 Å². The molecule has 0 saturated heterocycles. The molecular weight excluding hydrogens is 210 g/mol. The zero-order chi connectivity index (χ0) is 12.3. The van der Waals surface area contributed by atoms with Crippen molar-refractivity contribution >= 4 is 0 Å². The molecule has 17 heavy (non-hydrogen) atoms. The first-order chi connectivity index (χ1) is 8.15. The predicted molar refractivity (Wildman–Crippen MR) is 70.9 cm³/mol. The van der Waals surface area contributed by atoms with Gasteiger partial charge in [-0.2, -0.15) is 5.10 Å². The summed E-state index contributed by atoms with van der Waals surface area (Å²) in [7, 11) is 0. The number of nitrogens with two attached hydrogens (primary N) is 1. The second-order valence-corrected chi connectivity index (χ2v) is 5.75. The Kier molecular flexibility index (Phi) is 4.21. The molecule has 1 heterocycles. The van der Waals surface area contributed by atoms with Crippen molar-refractivity contribution in [2.45, 2.75) is 64.5 Å². The highest BCUT2D eigenvalue weighted by atomic mass is 15.3. The minimum absolute atomic E-state index is 0.293. The normalized spacial score (nSPS) is 20.6. The quantitative estimate of drug-likeness (QED) is 0.852. The summed E-state index contributed by atoms with van der Waals surface area (Å²) >= 11 is 0. The third-order valence-corrected chi connectivity index (χ3v) is 3.69. The van der Waals surface area contributed by atoms with Crippen LogP contribution in [0.3, 0.4) is 0 Å². The standard InChI is InChI=1S/C14H25N3/c1-11(9-12(2)15)10-13-7-8-17(16-13)14-5-3-4-6-14/h7-8,11-12,14H,3-6,9-10,15H2,1-2H3. The van der Waals surface area contributed by atoms with Gasteiger partial charge in [-0.25, -0.2) is 0 Å². The topological polar surface area (TPSA) is 43.8 Å². The van der Waals surface area contributed by atoms with Gasteiger partial charge >= 0.3 is 0 Å². The van der Waals surface area contributed by atoms with Crippen molar-refractivity contribution in [1.82, 2.24) is 9.78 Å². The zero-order valence-corrected chi connectivity index (χ0v) is 11.1. The maximum Gasteiger partial charge on any atom is 0.0627 e. The average molecular weight is 235 g/mol. The summed E-state index contributed by atoms with van der Waals surface area (Å²) in [6.45, 7) is 4.34. The first kappa shape index (κ1) is 12.6. The summed E-state index contributed by atoms with van der Waals surface area (Å²) in [4.78, 5) is 0. The van der Waals surface area contributed by atoms with Gasteiger partial charge in [-0.05, 0) is 44.6 Å². The Morgan fingerprint density at radius 1 is 1.41 bits per heavy atom. The monoisotopic (exact) mass is 235 g/mol. The average Bonchev–Trinajstić information content (AvgIpc) is 2.84. The Morgan fingerprint density at radius 3 is 2.76 bits per heavy atom. The van der Waals surface area contributed by atoms with Crippen LogP contribution in [0.25, 0.3) is 0 Å². The maximum absolute atomic E-state index is 5.83. The summed E-state index contributed by atoms with van der Waals surface area (Å²) in [6, 6.07) is 3.13. The van der Waals surface area contributed by atoms with Crippen LogP contribution in [0.15, 0.2) is 12.3 Å². The van der Waals surface area contributed by atoms with Crippen LogP contribution in [0.1, 0.15) is 57.7 Å². The lowest BCUT2D eigenvalue weighted by molar-refractivity contribution is 0.445. The maximum atomic E-state index is 5.83. The molecule has 0 amide bonds. The predicted octanol–water partition coefficient (Wildman–Crippen LogP) is 2.91. The fourth-order valence-electron chi connectivity index (χ4n) is 2.93. The van der Waals surface area contributed by atoms with Gasteiger partial charge in [0.05, 0.1) is 11.7 Å². The fourth-order valence-corrected chi connectivity index (χ4v) is 2.93. The van der Waals surface area contributed by atoms with Crippen molar-refractivity contribution in [3.8, 4) is 0 Å². The van der Waals surface area contributed by atoms with Crippen molar-refractivity contribution in [1.29, 1.82) is 0 Å². The molecule has 1 aliphatic rings. The molecule has 3 heteroatoms. The van der Waals surface area contributed by atoms with Gasteiger partial charge in [-0.15, -0.1) is 0 Å². The molecular formula is C14H25N3. The molecule has 96 valence electrons. The van der Waals surface area contributed by atoms with Gasteiger partial charge < -0.3 is 5.73 Å². The van der Waals surface area contributed by atoms with E-state index in [2.05, 4.69) is 30.8 Å². The van der Waals surface area contributed by atoms with Crippen molar-refractivity contribution in [3.05, 3.63) is 18.0 Å². The summed E-state index contributed by atoms with van der Waals surface area (Å²) in [6.07, 6.45) is 9.62. The van der Waals surface area contributed by atoms with Crippen molar-refractivity contribution in [3.63, 3.8) is 0 Å². The van der Waals surface area contributed by atoms with Crippen LogP contribution in [-0.2, 0) is 6.42 Å². The number of nitrogens with zero attached hydrogens (tertiary/aromatic N) is 2. The van der Waals surface area contributed by atoms with E-state index in [0.29, 0.717) is 18.0 Å². The highest BCUT2D eigenvalue weighted by Crippen LogP contribution is 2.28. The van der Waals surface area contributed by atoms with E-state index in [9.17, 15) is 0 Å². The lowest BCUT2D eigenvalue weighted by Crippen LogP contribution is -2.19. The van der Waals surface area contributed by atoms with Crippen LogP contribution in [0.5, 0.6) is 0 Å². The Labute approximate surface area is 104 Å². The first-order valence-electron chi connectivity index (χ1n) is 6.94. The van der Waals surface area contributed by atoms with Gasteiger partial charge in [0.1, 0.15) is 0 Å². The van der Waals surface area contributed by atoms with Gasteiger partial charge in [-0.1, -0.05) is 19.8 Å². The summed E-state index contributed by atoms with van der Waals surface area (Å²) in [5.41, 5.74) is 7.05. The Hall–Kier alpha value is -0.830. The van der Waals surface area contributed by atoms with E-state index >= 15 is 0 Å². The molecule has 2 N–H and O–H groups in total. The van der Waals surface area contributed by atoms with Gasteiger partial charge in [0.25, 0.3) is 0 Å². The number of aromatic nitrogens is 2. The molecule has 2 atom stereocenters. The lowest BCUT2D eigenvalue weighted by atomic mass is 9.98. The summed E-state index contributed by atoms with van der Waals surface area (Å²) in [5.74, 6) is 0.627. The Bertz CT molecular complexity index is 337. The van der Waals surface area contributed by atoms with Crippen LogP contribution >= 0.6 is 0 Å². The number of rotatable bonds is 5. The number of hydrogen-bond acceptors (Lipinski definition) is 2. The van der Waals surface area contributed by atoms with E-state index in [0.717, 1.165) is 12.8 Å². The molecule has 0 spiro atoms. The van der Waals surface area contributed by atoms with E-state index in [-0.39, 0.29) is 0 Å². The highest BCUT2D eigenvalue weighted by Gasteiger charge is 2.18. The van der Waals surface area contributed by atoms with E-state index in [4.69, 9.17) is 10.8 Å². The molecule has 3 nitrogen and oxygen atoms in total. The smallest absolute Gasteiger partial charge is 0.0627 e. The van der Waals surface area contributed by atoms with Gasteiger partial charge in [0.15, 0.2) is 0 Å². The summed E-state index contributed by atoms with van der Waals surface area (Å²) < 4.78 is 2.18. The minimum Gasteiger partial charge on any atom is -0.328 e. The zero-order valence-electron chi connectivity index (χ0n) is 11.1. The van der Waals surface area contributed by atoms with Crippen LogP contribution in [0, 0.1) is 5.92 Å². The SMILES string of the molecule is CC(N)CC(C)Cc1ccn(C2CCCC2)n1.